The average Bonchev–Trinajstić information content (AvgIpc) is 3.23. The molecule has 0 bridgehead atoms. The zero-order valence-electron chi connectivity index (χ0n) is 23.7. The van der Waals surface area contributed by atoms with Crippen LogP contribution in [0, 0.1) is 23.7 Å². The van der Waals surface area contributed by atoms with Crippen molar-refractivity contribution >= 4 is 22.1 Å². The van der Waals surface area contributed by atoms with Crippen LogP contribution in [-0.4, -0.2) is 16.5 Å². The molecule has 3 aliphatic rings. The van der Waals surface area contributed by atoms with Crippen LogP contribution in [-0.2, 0) is 16.8 Å². The first kappa shape index (κ1) is 30.8. The fraction of sp³-hybridized carbons (Fsp3) is 0.429. The molecular formula is C35H51NSiTi. The normalized spacial score (nSPS) is 25.8. The third-order valence-electron chi connectivity index (χ3n) is 8.61. The van der Waals surface area contributed by atoms with E-state index in [1.165, 1.54) is 25.7 Å². The first-order valence-electron chi connectivity index (χ1n) is 14.2. The first-order chi connectivity index (χ1) is 17.6. The molecule has 0 amide bonds. The first-order valence-corrected chi connectivity index (χ1v) is 19.0. The largest absolute Gasteiger partial charge is 0.0149 e. The van der Waals surface area contributed by atoms with E-state index in [0.717, 1.165) is 50.2 Å². The van der Waals surface area contributed by atoms with Gasteiger partial charge < -0.3 is 0 Å². The summed E-state index contributed by atoms with van der Waals surface area (Å²) in [6.07, 6.45) is 15.6. The van der Waals surface area contributed by atoms with Gasteiger partial charge in [-0.25, -0.2) is 0 Å². The molecule has 1 N–H and O–H groups in total. The van der Waals surface area contributed by atoms with Crippen molar-refractivity contribution < 1.29 is 16.8 Å². The van der Waals surface area contributed by atoms with Gasteiger partial charge in [0.15, 0.2) is 0 Å². The van der Waals surface area contributed by atoms with E-state index in [-0.39, 0.29) is 16.5 Å². The van der Waals surface area contributed by atoms with Gasteiger partial charge in [-0.2, -0.15) is 0 Å². The van der Waals surface area contributed by atoms with Gasteiger partial charge in [0, 0.05) is 0 Å². The molecule has 5 rings (SSSR count). The summed E-state index contributed by atoms with van der Waals surface area (Å²) in [4.78, 5) is 0. The fourth-order valence-electron chi connectivity index (χ4n) is 7.52. The molecule has 0 spiro atoms. The summed E-state index contributed by atoms with van der Waals surface area (Å²) in [5.41, 5.74) is 4.46. The molecule has 2 fully saturated rings. The number of hydrogen-bond acceptors (Lipinski definition) is 1. The number of fused-ring (bicyclic) bond motifs is 3. The molecule has 0 saturated heterocycles. The van der Waals surface area contributed by atoms with Crippen LogP contribution in [0.1, 0.15) is 57.6 Å². The maximum atomic E-state index is 4.13. The number of benzene rings is 2. The van der Waals surface area contributed by atoms with Crippen LogP contribution in [0.25, 0.3) is 11.1 Å². The van der Waals surface area contributed by atoms with Crippen LogP contribution in [0.15, 0.2) is 98.1 Å². The van der Waals surface area contributed by atoms with Gasteiger partial charge in [-0.1, -0.05) is 73.8 Å². The Balaban J connectivity index is 0.000000213. The summed E-state index contributed by atoms with van der Waals surface area (Å²) in [5.74, 6) is 3.64. The van der Waals surface area contributed by atoms with Crippen molar-refractivity contribution in [2.24, 2.45) is 23.7 Å². The van der Waals surface area contributed by atoms with Gasteiger partial charge in [0.2, 0.25) is 0 Å². The monoisotopic (exact) mass is 561 g/mol. The number of allylic oxidation sites excluding steroid dienone is 6. The van der Waals surface area contributed by atoms with Crippen LogP contribution < -0.4 is 3.80 Å². The fourth-order valence-corrected chi connectivity index (χ4v) is 15.1. The van der Waals surface area contributed by atoms with Crippen molar-refractivity contribution in [2.45, 2.75) is 66.7 Å². The minimum atomic E-state index is -2.04. The summed E-state index contributed by atoms with van der Waals surface area (Å²) < 4.78 is 5.09. The molecule has 2 aromatic rings. The third-order valence-corrected chi connectivity index (χ3v) is 14.7. The van der Waals surface area contributed by atoms with Crippen molar-refractivity contribution in [2.75, 3.05) is 0 Å². The van der Waals surface area contributed by atoms with E-state index < -0.39 is 16.8 Å². The van der Waals surface area contributed by atoms with E-state index in [1.54, 1.807) is 0 Å². The summed E-state index contributed by atoms with van der Waals surface area (Å²) in [5, 5.41) is 5.27. The van der Waals surface area contributed by atoms with Gasteiger partial charge in [-0.05, 0) is 33.2 Å². The van der Waals surface area contributed by atoms with E-state index in [2.05, 4.69) is 96.8 Å². The van der Waals surface area contributed by atoms with E-state index in [0.29, 0.717) is 0 Å². The quantitative estimate of drug-likeness (QED) is 0.285. The summed E-state index contributed by atoms with van der Waals surface area (Å²) in [7, 11) is 0. The predicted molar refractivity (Wildman–Crippen MR) is 171 cm³/mol. The SMILES string of the molecule is C=C(C(=C)c1ccccc1)c1ccccc1.CC(C)(C)[NH][Ti]([CH3])([CH3])[CH]1C2C=CC=CC2C2CCCCC21.[SiH4]. The Labute approximate surface area is 241 Å². The third kappa shape index (κ3) is 7.27. The number of nitrogens with one attached hydrogen (secondary N) is 1. The Bertz CT molecular complexity index is 1080. The van der Waals surface area contributed by atoms with Gasteiger partial charge in [0.25, 0.3) is 0 Å². The average molecular weight is 562 g/mol. The molecule has 0 heterocycles. The van der Waals surface area contributed by atoms with Crippen LogP contribution in [0.5, 0.6) is 0 Å². The minimum Gasteiger partial charge on any atom is -0.0149 e. The Kier molecular flexibility index (Phi) is 10.6. The van der Waals surface area contributed by atoms with E-state index in [9.17, 15) is 0 Å². The minimum absolute atomic E-state index is 0. The molecule has 2 saturated carbocycles. The van der Waals surface area contributed by atoms with Crippen LogP contribution in [0.3, 0.4) is 0 Å². The molecule has 0 aromatic heterocycles. The van der Waals surface area contributed by atoms with Crippen LogP contribution in [0.4, 0.5) is 0 Å². The zero-order valence-corrected chi connectivity index (χ0v) is 25.3. The van der Waals surface area contributed by atoms with Crippen LogP contribution in [0.2, 0.25) is 14.7 Å². The van der Waals surface area contributed by atoms with Crippen molar-refractivity contribution in [3.05, 3.63) is 109 Å². The summed E-state index contributed by atoms with van der Waals surface area (Å²) >= 11 is -2.04. The van der Waals surface area contributed by atoms with Crippen molar-refractivity contribution in [3.63, 3.8) is 0 Å². The number of rotatable bonds is 5. The second-order valence-corrected chi connectivity index (χ2v) is 19.7. The van der Waals surface area contributed by atoms with Gasteiger partial charge in [0.05, 0.1) is 0 Å². The molecular weight excluding hydrogens is 510 g/mol. The molecule has 3 aliphatic carbocycles. The summed E-state index contributed by atoms with van der Waals surface area (Å²) in [6.45, 7) is 15.2. The molecule has 38 heavy (non-hydrogen) atoms. The van der Waals surface area contributed by atoms with Gasteiger partial charge in [0.1, 0.15) is 0 Å². The second kappa shape index (κ2) is 13.1. The second-order valence-electron chi connectivity index (χ2n) is 12.8. The van der Waals surface area contributed by atoms with Gasteiger partial charge in [-0.15, -0.1) is 0 Å². The Morgan fingerprint density at radius 2 is 1.18 bits per heavy atom. The van der Waals surface area contributed by atoms with Crippen molar-refractivity contribution in [1.82, 2.24) is 3.80 Å². The van der Waals surface area contributed by atoms with Gasteiger partial charge >= 0.3 is 135 Å². The predicted octanol–water partition coefficient (Wildman–Crippen LogP) is 8.47. The Hall–Kier alpha value is -1.71. The summed E-state index contributed by atoms with van der Waals surface area (Å²) in [6, 6.07) is 20.3. The molecule has 0 aliphatic heterocycles. The Morgan fingerprint density at radius 1 is 0.737 bits per heavy atom. The maximum absolute atomic E-state index is 4.13. The Morgan fingerprint density at radius 3 is 1.66 bits per heavy atom. The zero-order chi connectivity index (χ0) is 26.6. The molecule has 3 heteroatoms. The molecule has 0 radical (unpaired) electrons. The molecule has 204 valence electrons. The molecule has 5 atom stereocenters. The topological polar surface area (TPSA) is 12.0 Å². The molecule has 2 aromatic carbocycles. The molecule has 1 nitrogen and oxygen atoms in total. The maximum Gasteiger partial charge on any atom is -0.0149 e. The number of hydrogen-bond donors (Lipinski definition) is 1. The van der Waals surface area contributed by atoms with Crippen molar-refractivity contribution in [1.29, 1.82) is 0 Å². The van der Waals surface area contributed by atoms with E-state index in [4.69, 9.17) is 0 Å². The molecule has 5 unspecified atom stereocenters. The van der Waals surface area contributed by atoms with Crippen LogP contribution >= 0.6 is 0 Å². The van der Waals surface area contributed by atoms with E-state index >= 15 is 0 Å². The van der Waals surface area contributed by atoms with E-state index in [1.807, 2.05) is 36.4 Å². The smallest absolute Gasteiger partial charge is 0.0149 e. The standard InChI is InChI=1S/C16H14.C13H17.C4H10N.2CH3.H4Si.Ti/c1-13(15-9-5-3-6-10-15)14(2)16-11-7-4-8-12-16;1-3-7-12-10(5-1)9-11-6-2-4-8-13(11)12;1-4(2,3)5;;;;/h3-12H,1-2H2;1,3,5,7,9-13H,2,4,6,8H2;5H,1-3H3;2*1H3;1H4;/q;;-1;;;;+1. The van der Waals surface area contributed by atoms with Gasteiger partial charge in [-0.3, -0.25) is 0 Å². The van der Waals surface area contributed by atoms with Crippen molar-refractivity contribution in [3.8, 4) is 0 Å².